The second kappa shape index (κ2) is 6.59. The van der Waals surface area contributed by atoms with Crippen molar-refractivity contribution in [2.45, 2.75) is 76.8 Å². The van der Waals surface area contributed by atoms with Crippen molar-refractivity contribution in [1.82, 2.24) is 20.4 Å². The molecule has 3 rings (SSSR count). The first-order valence-corrected chi connectivity index (χ1v) is 8.92. The normalized spacial score (nSPS) is 22.6. The predicted octanol–water partition coefficient (Wildman–Crippen LogP) is 2.78. The van der Waals surface area contributed by atoms with E-state index in [4.69, 9.17) is 4.52 Å². The molecule has 0 aromatic carbocycles. The van der Waals surface area contributed by atoms with Crippen LogP contribution >= 0.6 is 0 Å². The fraction of sp³-hybridized carbons (Fsp3) is 0.824. The first kappa shape index (κ1) is 16.4. The lowest BCUT2D eigenvalue weighted by Crippen LogP contribution is -2.56. The lowest BCUT2D eigenvalue weighted by atomic mass is 9.93. The molecule has 1 aromatic rings. The minimum absolute atomic E-state index is 0.133. The number of nitrogens with one attached hydrogen (secondary N) is 1. The zero-order chi connectivity index (χ0) is 16.4. The molecule has 6 heteroatoms. The summed E-state index contributed by atoms with van der Waals surface area (Å²) in [6.45, 7) is 8.05. The van der Waals surface area contributed by atoms with Crippen LogP contribution < -0.4 is 5.32 Å². The van der Waals surface area contributed by atoms with E-state index < -0.39 is 0 Å². The van der Waals surface area contributed by atoms with Crippen molar-refractivity contribution < 1.29 is 9.32 Å². The molecule has 0 spiro atoms. The van der Waals surface area contributed by atoms with Gasteiger partial charge < -0.3 is 9.84 Å². The van der Waals surface area contributed by atoms with E-state index in [0.29, 0.717) is 11.7 Å². The van der Waals surface area contributed by atoms with Crippen molar-refractivity contribution in [1.29, 1.82) is 0 Å². The molecule has 2 fully saturated rings. The molecule has 1 amide bonds. The second-order valence-electron chi connectivity index (χ2n) is 7.27. The number of hydrogen-bond acceptors (Lipinski definition) is 5. The Bertz CT molecular complexity index is 543. The highest BCUT2D eigenvalue weighted by Gasteiger charge is 2.47. The molecule has 2 heterocycles. The Labute approximate surface area is 138 Å². The zero-order valence-electron chi connectivity index (χ0n) is 14.5. The average molecular weight is 320 g/mol. The van der Waals surface area contributed by atoms with Crippen LogP contribution in [0.15, 0.2) is 4.52 Å². The molecule has 0 radical (unpaired) electrons. The fourth-order valence-corrected chi connectivity index (χ4v) is 3.84. The zero-order valence-corrected chi connectivity index (χ0v) is 14.5. The maximum absolute atomic E-state index is 13.0. The largest absolute Gasteiger partial charge is 0.343 e. The van der Waals surface area contributed by atoms with Gasteiger partial charge in [0.15, 0.2) is 5.82 Å². The highest BCUT2D eigenvalue weighted by molar-refractivity contribution is 5.87. The lowest BCUT2D eigenvalue weighted by Gasteiger charge is -2.37. The van der Waals surface area contributed by atoms with Crippen LogP contribution in [0, 0.1) is 0 Å². The Morgan fingerprint density at radius 3 is 2.39 bits per heavy atom. The highest BCUT2D eigenvalue weighted by atomic mass is 16.5. The molecule has 1 atom stereocenters. The number of likely N-dealkylation sites (tertiary alicyclic amines) is 1. The van der Waals surface area contributed by atoms with Gasteiger partial charge in [-0.2, -0.15) is 4.98 Å². The van der Waals surface area contributed by atoms with Crippen LogP contribution in [0.2, 0.25) is 0 Å². The Kier molecular flexibility index (Phi) is 4.71. The van der Waals surface area contributed by atoms with Crippen LogP contribution in [-0.4, -0.2) is 39.6 Å². The van der Waals surface area contributed by atoms with E-state index in [1.54, 1.807) is 0 Å². The molecule has 1 N–H and O–H groups in total. The monoisotopic (exact) mass is 320 g/mol. The number of aromatic nitrogens is 2. The number of hydrogen-bond donors (Lipinski definition) is 1. The Balaban J connectivity index is 1.70. The number of carbonyl (C=O) groups excluding carboxylic acids is 1. The molecule has 1 saturated carbocycles. The third kappa shape index (κ3) is 3.13. The SMILES string of the molecule is CC(C)c1noc(C(C)NC(=O)C2(N3CCCC3)CCCC2)n1. The average Bonchev–Trinajstić information content (AvgIpc) is 3.26. The van der Waals surface area contributed by atoms with Crippen molar-refractivity contribution >= 4 is 5.91 Å². The van der Waals surface area contributed by atoms with Gasteiger partial charge in [-0.05, 0) is 45.7 Å². The van der Waals surface area contributed by atoms with Gasteiger partial charge in [0.25, 0.3) is 0 Å². The van der Waals surface area contributed by atoms with Gasteiger partial charge in [-0.3, -0.25) is 9.69 Å². The van der Waals surface area contributed by atoms with Crippen LogP contribution in [0.3, 0.4) is 0 Å². The molecule has 2 aliphatic rings. The van der Waals surface area contributed by atoms with Gasteiger partial charge in [0.1, 0.15) is 11.6 Å². The smallest absolute Gasteiger partial charge is 0.248 e. The number of nitrogens with zero attached hydrogens (tertiary/aromatic N) is 3. The quantitative estimate of drug-likeness (QED) is 0.903. The topological polar surface area (TPSA) is 71.3 Å². The Morgan fingerprint density at radius 1 is 1.17 bits per heavy atom. The van der Waals surface area contributed by atoms with Gasteiger partial charge in [-0.25, -0.2) is 0 Å². The van der Waals surface area contributed by atoms with E-state index in [-0.39, 0.29) is 23.4 Å². The van der Waals surface area contributed by atoms with E-state index in [2.05, 4.69) is 20.4 Å². The third-order valence-corrected chi connectivity index (χ3v) is 5.26. The summed E-state index contributed by atoms with van der Waals surface area (Å²) in [7, 11) is 0. The summed E-state index contributed by atoms with van der Waals surface area (Å²) in [5, 5.41) is 7.12. The van der Waals surface area contributed by atoms with Crippen LogP contribution in [-0.2, 0) is 4.79 Å². The van der Waals surface area contributed by atoms with Crippen molar-refractivity contribution in [3.8, 4) is 0 Å². The first-order chi connectivity index (χ1) is 11.0. The molecule has 1 aliphatic heterocycles. The summed E-state index contributed by atoms with van der Waals surface area (Å²) in [6, 6.07) is -0.248. The predicted molar refractivity (Wildman–Crippen MR) is 87.0 cm³/mol. The van der Waals surface area contributed by atoms with Gasteiger partial charge >= 0.3 is 0 Å². The molecule has 23 heavy (non-hydrogen) atoms. The number of rotatable bonds is 5. The molecule has 1 saturated heterocycles. The Hall–Kier alpha value is -1.43. The van der Waals surface area contributed by atoms with Crippen LogP contribution in [0.1, 0.15) is 83.0 Å². The second-order valence-corrected chi connectivity index (χ2v) is 7.27. The lowest BCUT2D eigenvalue weighted by molar-refractivity contribution is -0.133. The maximum Gasteiger partial charge on any atom is 0.248 e. The molecule has 1 aliphatic carbocycles. The van der Waals surface area contributed by atoms with E-state index in [1.807, 2.05) is 20.8 Å². The van der Waals surface area contributed by atoms with Crippen molar-refractivity contribution in [3.05, 3.63) is 11.7 Å². The molecule has 1 aromatic heterocycles. The number of carbonyl (C=O) groups is 1. The minimum Gasteiger partial charge on any atom is -0.343 e. The Morgan fingerprint density at radius 2 is 1.83 bits per heavy atom. The summed E-state index contributed by atoms with van der Waals surface area (Å²) in [6.07, 6.45) is 6.60. The molecule has 128 valence electrons. The number of amides is 1. The van der Waals surface area contributed by atoms with Crippen LogP contribution in [0.25, 0.3) is 0 Å². The standard InChI is InChI=1S/C17H28N4O2/c1-12(2)14-19-15(23-20-14)13(3)18-16(22)17(8-4-5-9-17)21-10-6-7-11-21/h12-13H,4-11H2,1-3H3,(H,18,22). The molecular weight excluding hydrogens is 292 g/mol. The molecule has 0 bridgehead atoms. The molecule has 6 nitrogen and oxygen atoms in total. The minimum atomic E-state index is -0.314. The summed E-state index contributed by atoms with van der Waals surface area (Å²) in [5.41, 5.74) is -0.314. The van der Waals surface area contributed by atoms with Crippen molar-refractivity contribution in [3.63, 3.8) is 0 Å². The summed E-state index contributed by atoms with van der Waals surface area (Å²) in [5.74, 6) is 1.54. The van der Waals surface area contributed by atoms with E-state index in [0.717, 1.165) is 38.8 Å². The van der Waals surface area contributed by atoms with Gasteiger partial charge in [-0.1, -0.05) is 31.8 Å². The van der Waals surface area contributed by atoms with E-state index >= 15 is 0 Å². The third-order valence-electron chi connectivity index (χ3n) is 5.26. The summed E-state index contributed by atoms with van der Waals surface area (Å²) in [4.78, 5) is 19.8. The van der Waals surface area contributed by atoms with E-state index in [1.165, 1.54) is 12.8 Å². The van der Waals surface area contributed by atoms with Crippen molar-refractivity contribution in [2.24, 2.45) is 0 Å². The molecule has 1 unspecified atom stereocenters. The van der Waals surface area contributed by atoms with Crippen LogP contribution in [0.4, 0.5) is 0 Å². The first-order valence-electron chi connectivity index (χ1n) is 8.92. The van der Waals surface area contributed by atoms with Gasteiger partial charge in [0.2, 0.25) is 11.8 Å². The van der Waals surface area contributed by atoms with Crippen LogP contribution in [0.5, 0.6) is 0 Å². The summed E-state index contributed by atoms with van der Waals surface area (Å²) < 4.78 is 5.32. The highest BCUT2D eigenvalue weighted by Crippen LogP contribution is 2.38. The summed E-state index contributed by atoms with van der Waals surface area (Å²) >= 11 is 0. The maximum atomic E-state index is 13.0. The van der Waals surface area contributed by atoms with Gasteiger partial charge in [-0.15, -0.1) is 0 Å². The van der Waals surface area contributed by atoms with Gasteiger partial charge in [0, 0.05) is 5.92 Å². The van der Waals surface area contributed by atoms with Gasteiger partial charge in [0.05, 0.1) is 0 Å². The van der Waals surface area contributed by atoms with E-state index in [9.17, 15) is 4.79 Å². The fourth-order valence-electron chi connectivity index (χ4n) is 3.84. The van der Waals surface area contributed by atoms with Crippen molar-refractivity contribution in [2.75, 3.05) is 13.1 Å². The molecular formula is C17H28N4O2.